The molecule has 0 aromatic carbocycles. The Hall–Kier alpha value is -2.44. The molecule has 7 nitrogen and oxygen atoms in total. The Labute approximate surface area is 140 Å². The summed E-state index contributed by atoms with van der Waals surface area (Å²) < 4.78 is 0. The maximum Gasteiger partial charge on any atom is 0.272 e. The van der Waals surface area contributed by atoms with Crippen molar-refractivity contribution in [3.05, 3.63) is 30.1 Å². The van der Waals surface area contributed by atoms with Gasteiger partial charge >= 0.3 is 0 Å². The maximum atomic E-state index is 12.5. The lowest BCUT2D eigenvalue weighted by atomic mass is 9.96. The van der Waals surface area contributed by atoms with Crippen LogP contribution in [-0.4, -0.2) is 52.6 Å². The van der Waals surface area contributed by atoms with Gasteiger partial charge in [-0.1, -0.05) is 11.2 Å². The second-order valence-corrected chi connectivity index (χ2v) is 6.83. The topological polar surface area (TPSA) is 83.9 Å². The fourth-order valence-electron chi connectivity index (χ4n) is 3.19. The van der Waals surface area contributed by atoms with E-state index in [2.05, 4.69) is 15.5 Å². The third kappa shape index (κ3) is 2.98. The molecular weight excluding hydrogens is 308 g/mol. The summed E-state index contributed by atoms with van der Waals surface area (Å²) in [6.45, 7) is 1.74. The lowest BCUT2D eigenvalue weighted by molar-refractivity contribution is -0.115. The number of carbonyl (C=O) groups is 2. The molecule has 0 bridgehead atoms. The summed E-state index contributed by atoms with van der Waals surface area (Å²) in [5, 5.41) is 6.90. The average Bonchev–Trinajstić information content (AvgIpc) is 3.22. The van der Waals surface area contributed by atoms with E-state index in [1.807, 2.05) is 0 Å². The van der Waals surface area contributed by atoms with Gasteiger partial charge in [0.2, 0.25) is 0 Å². The highest BCUT2D eigenvalue weighted by molar-refractivity contribution is 6.39. The number of hydrogen-bond acceptors (Lipinski definition) is 5. The first-order chi connectivity index (χ1) is 11.7. The van der Waals surface area contributed by atoms with E-state index in [0.717, 1.165) is 6.54 Å². The Morgan fingerprint density at radius 2 is 2.25 bits per heavy atom. The minimum absolute atomic E-state index is 0.109. The minimum atomic E-state index is -0.559. The van der Waals surface area contributed by atoms with Crippen molar-refractivity contribution in [2.45, 2.75) is 31.3 Å². The molecule has 0 unspecified atom stereocenters. The van der Waals surface area contributed by atoms with Crippen LogP contribution in [0.1, 0.15) is 36.2 Å². The van der Waals surface area contributed by atoms with Crippen molar-refractivity contribution in [1.29, 1.82) is 0 Å². The number of hydrogen-bond donors (Lipinski definition) is 1. The molecule has 24 heavy (non-hydrogen) atoms. The van der Waals surface area contributed by atoms with Gasteiger partial charge in [-0.15, -0.1) is 0 Å². The number of amides is 2. The van der Waals surface area contributed by atoms with E-state index in [0.29, 0.717) is 43.3 Å². The van der Waals surface area contributed by atoms with E-state index >= 15 is 0 Å². The summed E-state index contributed by atoms with van der Waals surface area (Å²) in [6, 6.07) is 5.28. The molecule has 0 radical (unpaired) electrons. The zero-order chi connectivity index (χ0) is 16.6. The van der Waals surface area contributed by atoms with E-state index in [9.17, 15) is 9.59 Å². The van der Waals surface area contributed by atoms with Crippen molar-refractivity contribution < 1.29 is 14.4 Å². The van der Waals surface area contributed by atoms with Crippen molar-refractivity contribution in [2.24, 2.45) is 11.1 Å². The Balaban J connectivity index is 1.35. The Bertz CT molecular complexity index is 686. The van der Waals surface area contributed by atoms with Crippen molar-refractivity contribution in [1.82, 2.24) is 15.2 Å². The van der Waals surface area contributed by atoms with Crippen LogP contribution in [0, 0.1) is 5.92 Å². The zero-order valence-corrected chi connectivity index (χ0v) is 13.4. The summed E-state index contributed by atoms with van der Waals surface area (Å²) in [5.41, 5.74) is 0.301. The molecule has 2 amide bonds. The number of pyridine rings is 1. The van der Waals surface area contributed by atoms with Gasteiger partial charge in [0.05, 0.1) is 6.54 Å². The number of carbonyl (C=O) groups excluding carboxylic acids is 2. The lowest BCUT2D eigenvalue weighted by Gasteiger charge is -2.21. The van der Waals surface area contributed by atoms with Gasteiger partial charge in [-0.05, 0) is 30.9 Å². The van der Waals surface area contributed by atoms with Crippen LogP contribution in [0.2, 0.25) is 0 Å². The summed E-state index contributed by atoms with van der Waals surface area (Å²) in [6.07, 6.45) is 5.12. The highest BCUT2D eigenvalue weighted by atomic mass is 16.7. The summed E-state index contributed by atoms with van der Waals surface area (Å²) in [7, 11) is 0. The van der Waals surface area contributed by atoms with E-state index in [-0.39, 0.29) is 11.8 Å². The Kier molecular flexibility index (Phi) is 3.70. The molecule has 3 heterocycles. The van der Waals surface area contributed by atoms with Crippen LogP contribution >= 0.6 is 0 Å². The number of likely N-dealkylation sites (tertiary alicyclic amines) is 1. The van der Waals surface area contributed by atoms with Gasteiger partial charge in [-0.3, -0.25) is 14.6 Å². The van der Waals surface area contributed by atoms with Crippen LogP contribution < -0.4 is 5.32 Å². The molecule has 1 spiro atoms. The Morgan fingerprint density at radius 1 is 1.38 bits per heavy atom. The van der Waals surface area contributed by atoms with E-state index in [1.165, 1.54) is 12.8 Å². The fraction of sp³-hybridized carbons (Fsp3) is 0.529. The molecule has 1 aromatic heterocycles. The van der Waals surface area contributed by atoms with Gasteiger partial charge < -0.3 is 15.1 Å². The molecular formula is C17H20N4O3. The molecule has 4 rings (SSSR count). The van der Waals surface area contributed by atoms with Crippen LogP contribution in [0.4, 0.5) is 0 Å². The summed E-state index contributed by atoms with van der Waals surface area (Å²) in [4.78, 5) is 36.0. The monoisotopic (exact) mass is 328 g/mol. The third-order valence-electron chi connectivity index (χ3n) is 4.84. The quantitative estimate of drug-likeness (QED) is 0.892. The average molecular weight is 328 g/mol. The molecule has 1 aromatic rings. The van der Waals surface area contributed by atoms with Crippen LogP contribution in [0.25, 0.3) is 0 Å². The number of rotatable bonds is 4. The van der Waals surface area contributed by atoms with Crippen molar-refractivity contribution >= 4 is 17.5 Å². The van der Waals surface area contributed by atoms with Gasteiger partial charge in [0.15, 0.2) is 5.60 Å². The van der Waals surface area contributed by atoms with E-state index in [4.69, 9.17) is 4.84 Å². The van der Waals surface area contributed by atoms with Crippen LogP contribution in [0.15, 0.2) is 29.6 Å². The number of nitrogens with one attached hydrogen (secondary N) is 1. The number of nitrogens with zero attached hydrogens (tertiary/aromatic N) is 3. The predicted molar refractivity (Wildman–Crippen MR) is 86.4 cm³/mol. The minimum Gasteiger partial charge on any atom is -0.386 e. The van der Waals surface area contributed by atoms with Gasteiger partial charge in [-0.25, -0.2) is 0 Å². The van der Waals surface area contributed by atoms with Crippen LogP contribution in [0.3, 0.4) is 0 Å². The van der Waals surface area contributed by atoms with Gasteiger partial charge in [0.1, 0.15) is 11.4 Å². The van der Waals surface area contributed by atoms with E-state index < -0.39 is 5.60 Å². The highest BCUT2D eigenvalue weighted by Gasteiger charge is 2.48. The van der Waals surface area contributed by atoms with Crippen LogP contribution in [-0.2, 0) is 9.63 Å². The van der Waals surface area contributed by atoms with E-state index in [1.54, 1.807) is 29.3 Å². The van der Waals surface area contributed by atoms with Crippen molar-refractivity contribution in [2.75, 3.05) is 19.6 Å². The van der Waals surface area contributed by atoms with Gasteiger partial charge in [0, 0.05) is 32.1 Å². The van der Waals surface area contributed by atoms with Gasteiger partial charge in [0.25, 0.3) is 11.8 Å². The van der Waals surface area contributed by atoms with Crippen molar-refractivity contribution in [3.8, 4) is 0 Å². The zero-order valence-electron chi connectivity index (χ0n) is 13.4. The summed E-state index contributed by atoms with van der Waals surface area (Å²) >= 11 is 0. The fourth-order valence-corrected chi connectivity index (χ4v) is 3.19. The molecule has 126 valence electrons. The normalized spacial score (nSPS) is 25.5. The summed E-state index contributed by atoms with van der Waals surface area (Å²) in [5.74, 6) is 0.375. The molecule has 1 saturated carbocycles. The molecule has 1 atom stereocenters. The maximum absolute atomic E-state index is 12.5. The second-order valence-electron chi connectivity index (χ2n) is 6.83. The first-order valence-electron chi connectivity index (χ1n) is 8.39. The lowest BCUT2D eigenvalue weighted by Crippen LogP contribution is -2.39. The predicted octanol–water partition coefficient (Wildman–Crippen LogP) is 0.969. The first-order valence-corrected chi connectivity index (χ1v) is 8.39. The number of oxime groups is 1. The molecule has 2 fully saturated rings. The Morgan fingerprint density at radius 3 is 3.00 bits per heavy atom. The largest absolute Gasteiger partial charge is 0.386 e. The second kappa shape index (κ2) is 5.89. The molecule has 1 saturated heterocycles. The van der Waals surface area contributed by atoms with Crippen molar-refractivity contribution in [3.63, 3.8) is 0 Å². The molecule has 2 aliphatic heterocycles. The number of aromatic nitrogens is 1. The molecule has 7 heteroatoms. The standard InChI is InChI=1S/C17H20N4O3/c22-15(19-10-12-4-5-12)14-9-17(24-20-14)6-8-21(11-17)16(23)13-3-1-2-7-18-13/h1-3,7,12H,4-6,8-11H2,(H,19,22)/t17-/m1/s1. The molecule has 1 aliphatic carbocycles. The SMILES string of the molecule is O=C(NCC1CC1)C1=NO[C@]2(CCN(C(=O)c3ccccn3)C2)C1. The highest BCUT2D eigenvalue weighted by Crippen LogP contribution is 2.34. The van der Waals surface area contributed by atoms with Gasteiger partial charge in [-0.2, -0.15) is 0 Å². The van der Waals surface area contributed by atoms with Crippen LogP contribution in [0.5, 0.6) is 0 Å². The first kappa shape index (κ1) is 15.1. The third-order valence-corrected chi connectivity index (χ3v) is 4.84. The molecule has 3 aliphatic rings. The molecule has 1 N–H and O–H groups in total. The smallest absolute Gasteiger partial charge is 0.272 e.